The van der Waals surface area contributed by atoms with Crippen LogP contribution in [-0.4, -0.2) is 6.04 Å². The van der Waals surface area contributed by atoms with Gasteiger partial charge in [-0.2, -0.15) is 0 Å². The first-order valence-corrected chi connectivity index (χ1v) is 6.96. The van der Waals surface area contributed by atoms with Crippen molar-refractivity contribution in [1.82, 2.24) is 0 Å². The first-order valence-electron chi connectivity index (χ1n) is 6.21. The van der Waals surface area contributed by atoms with Gasteiger partial charge in [-0.25, -0.2) is 0 Å². The zero-order chi connectivity index (χ0) is 12.5. The highest BCUT2D eigenvalue weighted by molar-refractivity contribution is 6.42. The molecule has 1 atom stereocenters. The van der Waals surface area contributed by atoms with Crippen LogP contribution in [0.15, 0.2) is 18.2 Å². The molecule has 0 spiro atoms. The van der Waals surface area contributed by atoms with Gasteiger partial charge in [0.15, 0.2) is 0 Å². The Hall–Kier alpha value is -0.400. The Labute approximate surface area is 114 Å². The third-order valence-electron chi connectivity index (χ3n) is 3.77. The molecule has 17 heavy (non-hydrogen) atoms. The first-order chi connectivity index (χ1) is 7.99. The number of halogens is 2. The topological polar surface area (TPSA) is 12.0 Å². The van der Waals surface area contributed by atoms with Crippen LogP contribution in [0.4, 0.5) is 5.69 Å². The zero-order valence-electron chi connectivity index (χ0n) is 10.4. The molecule has 0 amide bonds. The summed E-state index contributed by atoms with van der Waals surface area (Å²) < 4.78 is 0. The molecule has 0 bridgehead atoms. The molecule has 0 radical (unpaired) electrons. The molecule has 1 aromatic carbocycles. The number of hydrogen-bond donors (Lipinski definition) is 1. The molecule has 0 aromatic heterocycles. The fraction of sp³-hybridized carbons (Fsp3) is 0.571. The van der Waals surface area contributed by atoms with Crippen molar-refractivity contribution in [3.05, 3.63) is 28.2 Å². The molecule has 1 saturated carbocycles. The molecule has 0 heterocycles. The van der Waals surface area contributed by atoms with Crippen molar-refractivity contribution in [2.45, 2.75) is 45.6 Å². The van der Waals surface area contributed by atoms with Crippen molar-refractivity contribution in [2.75, 3.05) is 5.32 Å². The van der Waals surface area contributed by atoms with Crippen molar-refractivity contribution >= 4 is 28.9 Å². The molecule has 1 nitrogen and oxygen atoms in total. The molecule has 1 aliphatic carbocycles. The highest BCUT2D eigenvalue weighted by Gasteiger charge is 2.31. The summed E-state index contributed by atoms with van der Waals surface area (Å²) in [4.78, 5) is 0. The quantitative estimate of drug-likeness (QED) is 0.762. The van der Waals surface area contributed by atoms with Crippen LogP contribution >= 0.6 is 23.2 Å². The zero-order valence-corrected chi connectivity index (χ0v) is 11.9. The van der Waals surface area contributed by atoms with E-state index in [2.05, 4.69) is 19.2 Å². The molecule has 1 aromatic rings. The van der Waals surface area contributed by atoms with E-state index in [1.54, 1.807) is 0 Å². The van der Waals surface area contributed by atoms with E-state index in [0.717, 1.165) is 5.69 Å². The molecule has 0 saturated heterocycles. The number of benzene rings is 1. The lowest BCUT2D eigenvalue weighted by Crippen LogP contribution is -2.38. The summed E-state index contributed by atoms with van der Waals surface area (Å²) in [5, 5.41) is 4.82. The van der Waals surface area contributed by atoms with Crippen LogP contribution in [-0.2, 0) is 0 Å². The Balaban J connectivity index is 2.11. The summed E-state index contributed by atoms with van der Waals surface area (Å²) in [5.74, 6) is 0. The minimum Gasteiger partial charge on any atom is -0.382 e. The summed E-state index contributed by atoms with van der Waals surface area (Å²) in [6.45, 7) is 4.67. The summed E-state index contributed by atoms with van der Waals surface area (Å²) in [6, 6.07) is 6.28. The summed E-state index contributed by atoms with van der Waals surface area (Å²) in [7, 11) is 0. The van der Waals surface area contributed by atoms with E-state index >= 15 is 0 Å². The van der Waals surface area contributed by atoms with E-state index in [1.807, 2.05) is 18.2 Å². The Kier molecular flexibility index (Phi) is 3.89. The van der Waals surface area contributed by atoms with Crippen LogP contribution in [0, 0.1) is 5.41 Å². The Morgan fingerprint density at radius 2 is 1.94 bits per heavy atom. The summed E-state index contributed by atoms with van der Waals surface area (Å²) in [5.41, 5.74) is 1.42. The second-order valence-corrected chi connectivity index (χ2v) is 6.37. The van der Waals surface area contributed by atoms with Gasteiger partial charge in [0.25, 0.3) is 0 Å². The van der Waals surface area contributed by atoms with Crippen molar-refractivity contribution < 1.29 is 0 Å². The normalized spacial score (nSPS) is 23.4. The van der Waals surface area contributed by atoms with Gasteiger partial charge in [-0.3, -0.25) is 0 Å². The minimum atomic E-state index is 0.352. The molecule has 1 fully saturated rings. The molecule has 1 aliphatic rings. The monoisotopic (exact) mass is 271 g/mol. The Morgan fingerprint density at radius 1 is 1.18 bits per heavy atom. The van der Waals surface area contributed by atoms with Gasteiger partial charge in [0.05, 0.1) is 10.0 Å². The number of nitrogens with one attached hydrogen (secondary N) is 1. The highest BCUT2D eigenvalue weighted by Crippen LogP contribution is 2.37. The second kappa shape index (κ2) is 5.07. The van der Waals surface area contributed by atoms with Gasteiger partial charge < -0.3 is 5.32 Å². The predicted molar refractivity (Wildman–Crippen MR) is 76.1 cm³/mol. The lowest BCUT2D eigenvalue weighted by atomic mass is 9.73. The largest absolute Gasteiger partial charge is 0.382 e. The molecule has 3 heteroatoms. The van der Waals surface area contributed by atoms with E-state index in [1.165, 1.54) is 25.7 Å². The average Bonchev–Trinajstić information content (AvgIpc) is 2.26. The average molecular weight is 272 g/mol. The Morgan fingerprint density at radius 3 is 2.59 bits per heavy atom. The maximum atomic E-state index is 6.03. The lowest BCUT2D eigenvalue weighted by molar-refractivity contribution is 0.217. The van der Waals surface area contributed by atoms with Gasteiger partial charge in [0, 0.05) is 11.7 Å². The molecule has 1 unspecified atom stereocenters. The molecule has 0 aliphatic heterocycles. The summed E-state index contributed by atoms with van der Waals surface area (Å²) >= 11 is 12.0. The maximum Gasteiger partial charge on any atom is 0.0612 e. The van der Waals surface area contributed by atoms with Gasteiger partial charge >= 0.3 is 0 Å². The third kappa shape index (κ3) is 3.08. The molecular formula is C14H19Cl2N. The van der Waals surface area contributed by atoms with Crippen LogP contribution in [0.1, 0.15) is 39.5 Å². The smallest absolute Gasteiger partial charge is 0.0612 e. The van der Waals surface area contributed by atoms with Crippen LogP contribution in [0.5, 0.6) is 0 Å². The third-order valence-corrected chi connectivity index (χ3v) is 4.51. The minimum absolute atomic E-state index is 0.352. The van der Waals surface area contributed by atoms with Gasteiger partial charge in [-0.05, 0) is 36.5 Å². The van der Waals surface area contributed by atoms with E-state index < -0.39 is 0 Å². The lowest BCUT2D eigenvalue weighted by Gasteiger charge is -2.39. The number of hydrogen-bond acceptors (Lipinski definition) is 1. The standard InChI is InChI=1S/C14H19Cl2N/c1-14(2)8-4-3-5-13(14)17-10-6-7-11(15)12(16)9-10/h6-7,9,13,17H,3-5,8H2,1-2H3. The van der Waals surface area contributed by atoms with Gasteiger partial charge in [0.2, 0.25) is 0 Å². The fourth-order valence-corrected chi connectivity index (χ4v) is 2.85. The number of anilines is 1. The fourth-order valence-electron chi connectivity index (χ4n) is 2.55. The first kappa shape index (κ1) is 13.0. The molecule has 1 N–H and O–H groups in total. The van der Waals surface area contributed by atoms with E-state index in [-0.39, 0.29) is 0 Å². The summed E-state index contributed by atoms with van der Waals surface area (Å²) in [6.07, 6.45) is 5.16. The van der Waals surface area contributed by atoms with Crippen LogP contribution < -0.4 is 5.32 Å². The van der Waals surface area contributed by atoms with Crippen molar-refractivity contribution in [1.29, 1.82) is 0 Å². The predicted octanol–water partition coefficient (Wildman–Crippen LogP) is 5.37. The Bertz CT molecular complexity index is 401. The van der Waals surface area contributed by atoms with Crippen LogP contribution in [0.3, 0.4) is 0 Å². The van der Waals surface area contributed by atoms with E-state index in [0.29, 0.717) is 21.5 Å². The highest BCUT2D eigenvalue weighted by atomic mass is 35.5. The van der Waals surface area contributed by atoms with Crippen molar-refractivity contribution in [3.63, 3.8) is 0 Å². The van der Waals surface area contributed by atoms with Gasteiger partial charge in [-0.15, -0.1) is 0 Å². The molecular weight excluding hydrogens is 253 g/mol. The number of rotatable bonds is 2. The SMILES string of the molecule is CC1(C)CCCCC1Nc1ccc(Cl)c(Cl)c1. The van der Waals surface area contributed by atoms with Crippen molar-refractivity contribution in [2.24, 2.45) is 5.41 Å². The van der Waals surface area contributed by atoms with E-state index in [9.17, 15) is 0 Å². The van der Waals surface area contributed by atoms with Gasteiger partial charge in [0.1, 0.15) is 0 Å². The molecule has 94 valence electrons. The van der Waals surface area contributed by atoms with Crippen LogP contribution in [0.25, 0.3) is 0 Å². The van der Waals surface area contributed by atoms with Crippen molar-refractivity contribution in [3.8, 4) is 0 Å². The molecule has 2 rings (SSSR count). The van der Waals surface area contributed by atoms with E-state index in [4.69, 9.17) is 23.2 Å². The van der Waals surface area contributed by atoms with Gasteiger partial charge in [-0.1, -0.05) is 49.9 Å². The van der Waals surface area contributed by atoms with Crippen LogP contribution in [0.2, 0.25) is 10.0 Å². The maximum absolute atomic E-state index is 6.03. The second-order valence-electron chi connectivity index (χ2n) is 5.56.